The number of ether oxygens (including phenoxy) is 1. The van der Waals surface area contributed by atoms with Crippen LogP contribution in [0.15, 0.2) is 18.3 Å². The molecule has 0 bridgehead atoms. The van der Waals surface area contributed by atoms with Gasteiger partial charge < -0.3 is 14.6 Å². The van der Waals surface area contributed by atoms with E-state index in [1.807, 2.05) is 33.8 Å². The summed E-state index contributed by atoms with van der Waals surface area (Å²) in [7, 11) is 0. The first-order valence-electron chi connectivity index (χ1n) is 7.65. The lowest BCUT2D eigenvalue weighted by Gasteiger charge is -2.39. The lowest BCUT2D eigenvalue weighted by molar-refractivity contribution is 0.00656. The minimum atomic E-state index is -0.485. The number of carbonyl (C=O) groups excluding carboxylic acids is 2. The van der Waals surface area contributed by atoms with Crippen LogP contribution in [0.4, 0.5) is 4.79 Å². The summed E-state index contributed by atoms with van der Waals surface area (Å²) >= 11 is 0. The molecule has 1 atom stereocenters. The van der Waals surface area contributed by atoms with Crippen LogP contribution >= 0.6 is 0 Å². The third-order valence-corrected chi connectivity index (χ3v) is 3.66. The number of amides is 1. The molecule has 0 saturated carbocycles. The largest absolute Gasteiger partial charge is 0.444 e. The minimum absolute atomic E-state index is 0.0718. The smallest absolute Gasteiger partial charge is 0.410 e. The van der Waals surface area contributed by atoms with Gasteiger partial charge in [-0.3, -0.25) is 9.69 Å². The predicted molar refractivity (Wildman–Crippen MR) is 84.0 cm³/mol. The highest BCUT2D eigenvalue weighted by molar-refractivity contribution is 5.95. The van der Waals surface area contributed by atoms with Crippen molar-refractivity contribution in [3.8, 4) is 0 Å². The van der Waals surface area contributed by atoms with Gasteiger partial charge in [0.05, 0.1) is 12.2 Å². The molecule has 1 aliphatic heterocycles. The Labute approximate surface area is 131 Å². The summed E-state index contributed by atoms with van der Waals surface area (Å²) in [4.78, 5) is 31.0. The molecule has 1 amide bonds. The molecule has 22 heavy (non-hydrogen) atoms. The van der Waals surface area contributed by atoms with Gasteiger partial charge in [-0.2, -0.15) is 0 Å². The average molecular weight is 307 g/mol. The van der Waals surface area contributed by atoms with Gasteiger partial charge in [-0.05, 0) is 39.8 Å². The van der Waals surface area contributed by atoms with Crippen LogP contribution in [0.1, 0.15) is 38.2 Å². The molecule has 1 aromatic heterocycles. The van der Waals surface area contributed by atoms with Crippen molar-refractivity contribution in [2.45, 2.75) is 39.3 Å². The van der Waals surface area contributed by atoms with Gasteiger partial charge in [-0.25, -0.2) is 4.79 Å². The Hall–Kier alpha value is -1.82. The highest BCUT2D eigenvalue weighted by atomic mass is 16.6. The van der Waals surface area contributed by atoms with Crippen molar-refractivity contribution in [2.75, 3.05) is 26.2 Å². The SMILES string of the molecule is C[C@@H]1CN(C(=O)OC(C)(C)C)CCN1CC(=O)c1ccc[nH]1. The van der Waals surface area contributed by atoms with E-state index in [4.69, 9.17) is 4.74 Å². The van der Waals surface area contributed by atoms with Gasteiger partial charge in [0, 0.05) is 31.9 Å². The van der Waals surface area contributed by atoms with Gasteiger partial charge in [-0.15, -0.1) is 0 Å². The van der Waals surface area contributed by atoms with Gasteiger partial charge in [0.2, 0.25) is 0 Å². The number of H-pyrrole nitrogens is 1. The number of aromatic amines is 1. The van der Waals surface area contributed by atoms with Crippen LogP contribution in [0, 0.1) is 0 Å². The van der Waals surface area contributed by atoms with Crippen molar-refractivity contribution in [2.24, 2.45) is 0 Å². The Kier molecular flexibility index (Phi) is 4.90. The molecule has 1 N–H and O–H groups in total. The second-order valence-electron chi connectivity index (χ2n) is 6.75. The zero-order valence-corrected chi connectivity index (χ0v) is 13.8. The normalized spacial score (nSPS) is 20.0. The molecule has 2 rings (SSSR count). The number of nitrogens with one attached hydrogen (secondary N) is 1. The maximum absolute atomic E-state index is 12.1. The van der Waals surface area contributed by atoms with Crippen LogP contribution in [0.5, 0.6) is 0 Å². The number of piperazine rings is 1. The summed E-state index contributed by atoms with van der Waals surface area (Å²) in [5.74, 6) is 0.0718. The van der Waals surface area contributed by atoms with Crippen LogP contribution < -0.4 is 0 Å². The topological polar surface area (TPSA) is 65.6 Å². The first-order chi connectivity index (χ1) is 10.3. The van der Waals surface area contributed by atoms with Gasteiger partial charge in [-0.1, -0.05) is 0 Å². The molecule has 6 heteroatoms. The van der Waals surface area contributed by atoms with Crippen molar-refractivity contribution >= 4 is 11.9 Å². The zero-order valence-electron chi connectivity index (χ0n) is 13.8. The van der Waals surface area contributed by atoms with E-state index in [9.17, 15) is 9.59 Å². The predicted octanol–water partition coefficient (Wildman–Crippen LogP) is 2.14. The fourth-order valence-corrected chi connectivity index (χ4v) is 2.50. The van der Waals surface area contributed by atoms with E-state index >= 15 is 0 Å². The summed E-state index contributed by atoms with van der Waals surface area (Å²) in [5, 5.41) is 0. The van der Waals surface area contributed by atoms with Crippen LogP contribution in [-0.2, 0) is 4.74 Å². The molecule has 0 aromatic carbocycles. The number of nitrogens with zero attached hydrogens (tertiary/aromatic N) is 2. The van der Waals surface area contributed by atoms with Crippen molar-refractivity contribution in [3.05, 3.63) is 24.0 Å². The van der Waals surface area contributed by atoms with E-state index in [-0.39, 0.29) is 17.9 Å². The minimum Gasteiger partial charge on any atom is -0.444 e. The first kappa shape index (κ1) is 16.5. The molecule has 0 radical (unpaired) electrons. The lowest BCUT2D eigenvalue weighted by Crippen LogP contribution is -2.55. The number of hydrogen-bond donors (Lipinski definition) is 1. The van der Waals surface area contributed by atoms with Gasteiger partial charge >= 0.3 is 6.09 Å². The molecule has 1 fully saturated rings. The van der Waals surface area contributed by atoms with E-state index in [0.717, 1.165) is 0 Å². The molecular formula is C16H25N3O3. The second kappa shape index (κ2) is 6.52. The number of aromatic nitrogens is 1. The van der Waals surface area contributed by atoms with Crippen molar-refractivity contribution < 1.29 is 14.3 Å². The van der Waals surface area contributed by atoms with Gasteiger partial charge in [0.15, 0.2) is 5.78 Å². The summed E-state index contributed by atoms with van der Waals surface area (Å²) in [5.41, 5.74) is 0.142. The van der Waals surface area contributed by atoms with Crippen LogP contribution in [0.25, 0.3) is 0 Å². The average Bonchev–Trinajstić information content (AvgIpc) is 2.93. The Morgan fingerprint density at radius 1 is 1.36 bits per heavy atom. The number of ketones is 1. The number of rotatable bonds is 3. The van der Waals surface area contributed by atoms with Crippen LogP contribution in [0.3, 0.4) is 0 Å². The highest BCUT2D eigenvalue weighted by Gasteiger charge is 2.30. The Balaban J connectivity index is 1.87. The zero-order chi connectivity index (χ0) is 16.3. The number of carbonyl (C=O) groups is 2. The molecule has 0 unspecified atom stereocenters. The molecule has 122 valence electrons. The van der Waals surface area contributed by atoms with Crippen LogP contribution in [-0.4, -0.2) is 64.5 Å². The fraction of sp³-hybridized carbons (Fsp3) is 0.625. The van der Waals surface area contributed by atoms with Crippen molar-refractivity contribution in [1.29, 1.82) is 0 Å². The van der Waals surface area contributed by atoms with Gasteiger partial charge in [0.1, 0.15) is 5.60 Å². The summed E-state index contributed by atoms with van der Waals surface area (Å²) in [6.07, 6.45) is 1.46. The molecular weight excluding hydrogens is 282 g/mol. The van der Waals surface area contributed by atoms with E-state index in [1.165, 1.54) is 0 Å². The van der Waals surface area contributed by atoms with E-state index < -0.39 is 5.60 Å². The third kappa shape index (κ3) is 4.34. The lowest BCUT2D eigenvalue weighted by atomic mass is 10.1. The van der Waals surface area contributed by atoms with E-state index in [0.29, 0.717) is 31.9 Å². The molecule has 0 aliphatic carbocycles. The quantitative estimate of drug-likeness (QED) is 0.869. The molecule has 1 aromatic rings. The molecule has 1 saturated heterocycles. The third-order valence-electron chi connectivity index (χ3n) is 3.66. The highest BCUT2D eigenvalue weighted by Crippen LogP contribution is 2.15. The maximum Gasteiger partial charge on any atom is 0.410 e. The molecule has 1 aliphatic rings. The number of Topliss-reactive ketones (excluding diaryl/α,β-unsaturated/α-hetero) is 1. The second-order valence-corrected chi connectivity index (χ2v) is 6.75. The monoisotopic (exact) mass is 307 g/mol. The summed E-state index contributed by atoms with van der Waals surface area (Å²) in [6, 6.07) is 3.72. The number of hydrogen-bond acceptors (Lipinski definition) is 4. The standard InChI is InChI=1S/C16H25N3O3/c1-12-10-19(15(21)22-16(2,3)4)9-8-18(12)11-14(20)13-6-5-7-17-13/h5-7,12,17H,8-11H2,1-4H3/t12-/m1/s1. The Morgan fingerprint density at radius 3 is 2.64 bits per heavy atom. The Bertz CT molecular complexity index is 519. The molecule has 2 heterocycles. The molecule has 0 spiro atoms. The fourth-order valence-electron chi connectivity index (χ4n) is 2.50. The van der Waals surface area contributed by atoms with Crippen LogP contribution in [0.2, 0.25) is 0 Å². The van der Waals surface area contributed by atoms with Gasteiger partial charge in [0.25, 0.3) is 0 Å². The Morgan fingerprint density at radius 2 is 2.09 bits per heavy atom. The van der Waals surface area contributed by atoms with Crippen molar-refractivity contribution in [3.63, 3.8) is 0 Å². The van der Waals surface area contributed by atoms with Crippen molar-refractivity contribution in [1.82, 2.24) is 14.8 Å². The molecule has 6 nitrogen and oxygen atoms in total. The first-order valence-corrected chi connectivity index (χ1v) is 7.65. The summed E-state index contributed by atoms with van der Waals surface area (Å²) < 4.78 is 5.40. The maximum atomic E-state index is 12.1. The van der Waals surface area contributed by atoms with E-state index in [2.05, 4.69) is 9.88 Å². The van der Waals surface area contributed by atoms with E-state index in [1.54, 1.807) is 17.2 Å². The summed E-state index contributed by atoms with van der Waals surface area (Å²) in [6.45, 7) is 9.80.